The molecule has 94 valence electrons. The van der Waals surface area contributed by atoms with E-state index in [-0.39, 0.29) is 5.82 Å². The first-order chi connectivity index (χ1) is 8.81. The quantitative estimate of drug-likeness (QED) is 0.815. The number of pyridine rings is 1. The Bertz CT molecular complexity index is 511. The Kier molecular flexibility index (Phi) is 4.42. The van der Waals surface area contributed by atoms with E-state index in [4.69, 9.17) is 0 Å². The zero-order valence-corrected chi connectivity index (χ0v) is 10.5. The number of nitrogens with zero attached hydrogens (tertiary/aromatic N) is 1. The Labute approximate surface area is 107 Å². The van der Waals surface area contributed by atoms with Gasteiger partial charge in [-0.25, -0.2) is 4.39 Å². The van der Waals surface area contributed by atoms with Gasteiger partial charge in [0, 0.05) is 18.3 Å². The fourth-order valence-electron chi connectivity index (χ4n) is 1.92. The molecule has 0 saturated heterocycles. The number of hydrogen-bond acceptors (Lipinski definition) is 2. The molecule has 0 bridgehead atoms. The highest BCUT2D eigenvalue weighted by atomic mass is 19.1. The second kappa shape index (κ2) is 6.26. The summed E-state index contributed by atoms with van der Waals surface area (Å²) in [5.41, 5.74) is 3.02. The fraction of sp³-hybridized carbons (Fsp3) is 0.267. The standard InChI is InChI=1S/C15H17FN2/c1-2-7-17-9-12-5-3-4-6-15(12)13-8-14(16)11-18-10-13/h3-6,8,10-11,17H,2,7,9H2,1H3. The third kappa shape index (κ3) is 3.14. The molecule has 0 radical (unpaired) electrons. The Morgan fingerprint density at radius 1 is 1.22 bits per heavy atom. The number of benzene rings is 1. The second-order valence-electron chi connectivity index (χ2n) is 4.23. The molecule has 0 saturated carbocycles. The van der Waals surface area contributed by atoms with Crippen molar-refractivity contribution >= 4 is 0 Å². The van der Waals surface area contributed by atoms with Crippen LogP contribution in [0, 0.1) is 5.82 Å². The highest BCUT2D eigenvalue weighted by molar-refractivity contribution is 5.66. The molecular weight excluding hydrogens is 227 g/mol. The summed E-state index contributed by atoms with van der Waals surface area (Å²) in [6, 6.07) is 9.54. The monoisotopic (exact) mass is 244 g/mol. The summed E-state index contributed by atoms with van der Waals surface area (Å²) in [5, 5.41) is 3.36. The highest BCUT2D eigenvalue weighted by Crippen LogP contribution is 2.23. The lowest BCUT2D eigenvalue weighted by Crippen LogP contribution is -2.14. The van der Waals surface area contributed by atoms with Gasteiger partial charge in [0.2, 0.25) is 0 Å². The molecule has 0 aliphatic rings. The zero-order valence-electron chi connectivity index (χ0n) is 10.5. The van der Waals surface area contributed by atoms with Crippen molar-refractivity contribution in [3.8, 4) is 11.1 Å². The third-order valence-corrected chi connectivity index (χ3v) is 2.78. The van der Waals surface area contributed by atoms with Gasteiger partial charge in [0.15, 0.2) is 0 Å². The van der Waals surface area contributed by atoms with Crippen LogP contribution in [-0.2, 0) is 6.54 Å². The van der Waals surface area contributed by atoms with E-state index in [0.717, 1.165) is 30.6 Å². The van der Waals surface area contributed by atoms with Crippen molar-refractivity contribution in [3.63, 3.8) is 0 Å². The van der Waals surface area contributed by atoms with Crippen LogP contribution in [0.2, 0.25) is 0 Å². The average Bonchev–Trinajstić information content (AvgIpc) is 2.40. The van der Waals surface area contributed by atoms with Gasteiger partial charge in [0.25, 0.3) is 0 Å². The molecule has 0 unspecified atom stereocenters. The Balaban J connectivity index is 2.27. The van der Waals surface area contributed by atoms with Crippen molar-refractivity contribution in [1.82, 2.24) is 10.3 Å². The van der Waals surface area contributed by atoms with Crippen LogP contribution in [-0.4, -0.2) is 11.5 Å². The lowest BCUT2D eigenvalue weighted by atomic mass is 10.0. The third-order valence-electron chi connectivity index (χ3n) is 2.78. The number of aromatic nitrogens is 1. The Hall–Kier alpha value is -1.74. The normalized spacial score (nSPS) is 10.6. The molecule has 0 aliphatic carbocycles. The van der Waals surface area contributed by atoms with Crippen LogP contribution in [0.25, 0.3) is 11.1 Å². The van der Waals surface area contributed by atoms with E-state index in [1.165, 1.54) is 17.8 Å². The summed E-state index contributed by atoms with van der Waals surface area (Å²) >= 11 is 0. The van der Waals surface area contributed by atoms with Gasteiger partial charge in [-0.3, -0.25) is 4.98 Å². The van der Waals surface area contributed by atoms with Crippen LogP contribution in [0.4, 0.5) is 4.39 Å². The first-order valence-electron chi connectivity index (χ1n) is 6.21. The van der Waals surface area contributed by atoms with Crippen molar-refractivity contribution in [2.24, 2.45) is 0 Å². The van der Waals surface area contributed by atoms with Gasteiger partial charge in [-0.15, -0.1) is 0 Å². The summed E-state index contributed by atoms with van der Waals surface area (Å²) < 4.78 is 13.2. The maximum atomic E-state index is 13.2. The molecule has 18 heavy (non-hydrogen) atoms. The van der Waals surface area contributed by atoms with Gasteiger partial charge >= 0.3 is 0 Å². The summed E-state index contributed by atoms with van der Waals surface area (Å²) in [6.45, 7) is 3.91. The number of rotatable bonds is 5. The summed E-state index contributed by atoms with van der Waals surface area (Å²) in [7, 11) is 0. The zero-order chi connectivity index (χ0) is 12.8. The molecule has 2 nitrogen and oxygen atoms in total. The van der Waals surface area contributed by atoms with Crippen molar-refractivity contribution in [1.29, 1.82) is 0 Å². The lowest BCUT2D eigenvalue weighted by molar-refractivity contribution is 0.622. The van der Waals surface area contributed by atoms with Crippen LogP contribution in [0.5, 0.6) is 0 Å². The van der Waals surface area contributed by atoms with Crippen LogP contribution < -0.4 is 5.32 Å². The average molecular weight is 244 g/mol. The molecule has 2 rings (SSSR count). The first-order valence-corrected chi connectivity index (χ1v) is 6.21. The SMILES string of the molecule is CCCNCc1ccccc1-c1cncc(F)c1. The maximum Gasteiger partial charge on any atom is 0.142 e. The molecule has 1 aromatic heterocycles. The van der Waals surface area contributed by atoms with E-state index in [0.29, 0.717) is 0 Å². The second-order valence-corrected chi connectivity index (χ2v) is 4.23. The van der Waals surface area contributed by atoms with Crippen LogP contribution in [0.1, 0.15) is 18.9 Å². The van der Waals surface area contributed by atoms with Gasteiger partial charge in [-0.05, 0) is 30.2 Å². The minimum Gasteiger partial charge on any atom is -0.313 e. The summed E-state index contributed by atoms with van der Waals surface area (Å²) in [4.78, 5) is 3.90. The van der Waals surface area contributed by atoms with Gasteiger partial charge in [0.1, 0.15) is 5.82 Å². The van der Waals surface area contributed by atoms with E-state index in [2.05, 4.69) is 23.3 Å². The molecule has 2 aromatic rings. The molecule has 1 heterocycles. The molecule has 3 heteroatoms. The Morgan fingerprint density at radius 2 is 2.06 bits per heavy atom. The highest BCUT2D eigenvalue weighted by Gasteiger charge is 2.05. The van der Waals surface area contributed by atoms with Gasteiger partial charge in [0.05, 0.1) is 6.20 Å². The van der Waals surface area contributed by atoms with E-state index in [1.807, 2.05) is 18.2 Å². The largest absolute Gasteiger partial charge is 0.313 e. The molecule has 1 N–H and O–H groups in total. The smallest absolute Gasteiger partial charge is 0.142 e. The van der Waals surface area contributed by atoms with E-state index in [9.17, 15) is 4.39 Å². The summed E-state index contributed by atoms with van der Waals surface area (Å²) in [5.74, 6) is -0.302. The molecule has 0 spiro atoms. The van der Waals surface area contributed by atoms with Crippen LogP contribution in [0.3, 0.4) is 0 Å². The number of halogens is 1. The van der Waals surface area contributed by atoms with Crippen LogP contribution >= 0.6 is 0 Å². The van der Waals surface area contributed by atoms with Crippen LogP contribution in [0.15, 0.2) is 42.7 Å². The minimum atomic E-state index is -0.302. The van der Waals surface area contributed by atoms with E-state index < -0.39 is 0 Å². The molecule has 0 atom stereocenters. The number of hydrogen-bond donors (Lipinski definition) is 1. The Morgan fingerprint density at radius 3 is 2.83 bits per heavy atom. The lowest BCUT2D eigenvalue weighted by Gasteiger charge is -2.10. The minimum absolute atomic E-state index is 0.302. The van der Waals surface area contributed by atoms with E-state index in [1.54, 1.807) is 6.20 Å². The topological polar surface area (TPSA) is 24.9 Å². The molecule has 0 amide bonds. The molecular formula is C15H17FN2. The maximum absolute atomic E-state index is 13.2. The summed E-state index contributed by atoms with van der Waals surface area (Å²) in [6.07, 6.45) is 4.02. The van der Waals surface area contributed by atoms with Crippen molar-refractivity contribution in [2.45, 2.75) is 19.9 Å². The molecule has 0 aliphatic heterocycles. The molecule has 1 aromatic carbocycles. The van der Waals surface area contributed by atoms with E-state index >= 15 is 0 Å². The first kappa shape index (κ1) is 12.7. The van der Waals surface area contributed by atoms with Gasteiger partial charge < -0.3 is 5.32 Å². The van der Waals surface area contributed by atoms with Gasteiger partial charge in [-0.2, -0.15) is 0 Å². The van der Waals surface area contributed by atoms with Crippen molar-refractivity contribution in [3.05, 3.63) is 54.1 Å². The van der Waals surface area contributed by atoms with Crippen molar-refractivity contribution in [2.75, 3.05) is 6.54 Å². The predicted octanol–water partition coefficient (Wildman–Crippen LogP) is 3.39. The fourth-order valence-corrected chi connectivity index (χ4v) is 1.92. The number of nitrogens with one attached hydrogen (secondary N) is 1. The van der Waals surface area contributed by atoms with Crippen molar-refractivity contribution < 1.29 is 4.39 Å². The van der Waals surface area contributed by atoms with Gasteiger partial charge in [-0.1, -0.05) is 31.2 Å². The predicted molar refractivity (Wildman–Crippen MR) is 71.6 cm³/mol. The molecule has 0 fully saturated rings.